The molecule has 1 aromatic rings. The van der Waals surface area contributed by atoms with Crippen LogP contribution in [0.2, 0.25) is 0 Å². The first-order chi connectivity index (χ1) is 12.0. The molecule has 3 amide bonds. The molecule has 4 heterocycles. The van der Waals surface area contributed by atoms with Crippen LogP contribution >= 0.6 is 0 Å². The van der Waals surface area contributed by atoms with Gasteiger partial charge in [0, 0.05) is 44.2 Å². The molecule has 3 aliphatic rings. The number of fused-ring (bicyclic) bond motifs is 2. The normalized spacial score (nSPS) is 28.8. The van der Waals surface area contributed by atoms with Gasteiger partial charge in [-0.2, -0.15) is 0 Å². The molecular weight excluding hydrogens is 322 g/mol. The smallest absolute Gasteiger partial charge is 0.263 e. The molecule has 25 heavy (non-hydrogen) atoms. The van der Waals surface area contributed by atoms with Crippen LogP contribution in [-0.2, 0) is 16.6 Å². The van der Waals surface area contributed by atoms with Crippen molar-refractivity contribution < 1.29 is 14.4 Å². The maximum atomic E-state index is 13.0. The van der Waals surface area contributed by atoms with Gasteiger partial charge < -0.3 is 9.47 Å². The Labute approximate surface area is 145 Å². The molecular formula is C18H21N3O4. The maximum Gasteiger partial charge on any atom is 0.263 e. The summed E-state index contributed by atoms with van der Waals surface area (Å²) in [5.74, 6) is -0.413. The molecule has 0 aromatic carbocycles. The van der Waals surface area contributed by atoms with Crippen molar-refractivity contribution in [1.82, 2.24) is 14.4 Å². The van der Waals surface area contributed by atoms with E-state index in [4.69, 9.17) is 0 Å². The molecule has 132 valence electrons. The second-order valence-electron chi connectivity index (χ2n) is 7.22. The van der Waals surface area contributed by atoms with Gasteiger partial charge in [0.1, 0.15) is 5.56 Å². The summed E-state index contributed by atoms with van der Waals surface area (Å²) in [7, 11) is 1.63. The Morgan fingerprint density at radius 2 is 1.60 bits per heavy atom. The van der Waals surface area contributed by atoms with Crippen molar-refractivity contribution in [3.8, 4) is 0 Å². The number of pyridine rings is 1. The number of carbonyl (C=O) groups excluding carboxylic acids is 3. The summed E-state index contributed by atoms with van der Waals surface area (Å²) in [6.07, 6.45) is 5.18. The third-order valence-electron chi connectivity index (χ3n) is 5.75. The van der Waals surface area contributed by atoms with Crippen molar-refractivity contribution >= 4 is 17.7 Å². The van der Waals surface area contributed by atoms with Gasteiger partial charge in [-0.05, 0) is 37.8 Å². The Bertz CT molecular complexity index is 785. The van der Waals surface area contributed by atoms with E-state index in [1.807, 2.05) is 4.90 Å². The van der Waals surface area contributed by atoms with Crippen LogP contribution < -0.4 is 5.56 Å². The molecule has 4 rings (SSSR count). The van der Waals surface area contributed by atoms with E-state index in [-0.39, 0.29) is 47.0 Å². The third kappa shape index (κ3) is 2.49. The van der Waals surface area contributed by atoms with E-state index >= 15 is 0 Å². The van der Waals surface area contributed by atoms with Crippen LogP contribution in [0.25, 0.3) is 0 Å². The Balaban J connectivity index is 1.58. The van der Waals surface area contributed by atoms with Gasteiger partial charge in [-0.1, -0.05) is 0 Å². The van der Waals surface area contributed by atoms with Crippen molar-refractivity contribution in [2.24, 2.45) is 7.05 Å². The van der Waals surface area contributed by atoms with Gasteiger partial charge in [-0.3, -0.25) is 24.1 Å². The summed E-state index contributed by atoms with van der Waals surface area (Å²) in [5.41, 5.74) is -0.104. The van der Waals surface area contributed by atoms with Gasteiger partial charge >= 0.3 is 0 Å². The highest BCUT2D eigenvalue weighted by Gasteiger charge is 2.48. The van der Waals surface area contributed by atoms with E-state index < -0.39 is 0 Å². The number of likely N-dealkylation sites (tertiary alicyclic amines) is 1. The summed E-state index contributed by atoms with van der Waals surface area (Å²) in [4.78, 5) is 52.5. The number of carbonyl (C=O) groups is 3. The Kier molecular flexibility index (Phi) is 3.74. The van der Waals surface area contributed by atoms with Crippen LogP contribution in [0.4, 0.5) is 0 Å². The van der Waals surface area contributed by atoms with Crippen LogP contribution in [0, 0.1) is 0 Å². The minimum absolute atomic E-state index is 0.0117. The molecule has 3 fully saturated rings. The first-order valence-corrected chi connectivity index (χ1v) is 8.80. The predicted octanol–water partition coefficient (Wildman–Crippen LogP) is 0.670. The van der Waals surface area contributed by atoms with Crippen LogP contribution in [0.3, 0.4) is 0 Å². The predicted molar refractivity (Wildman–Crippen MR) is 88.8 cm³/mol. The number of aromatic nitrogens is 1. The van der Waals surface area contributed by atoms with E-state index in [0.29, 0.717) is 25.7 Å². The highest BCUT2D eigenvalue weighted by Crippen LogP contribution is 2.39. The highest BCUT2D eigenvalue weighted by molar-refractivity contribution is 6.02. The lowest BCUT2D eigenvalue weighted by atomic mass is 9.95. The summed E-state index contributed by atoms with van der Waals surface area (Å²) in [6, 6.07) is 3.14. The number of hydrogen-bond donors (Lipinski definition) is 0. The molecule has 1 aromatic heterocycles. The molecule has 7 heteroatoms. The van der Waals surface area contributed by atoms with Gasteiger partial charge in [0.15, 0.2) is 0 Å². The average molecular weight is 343 g/mol. The maximum absolute atomic E-state index is 13.0. The van der Waals surface area contributed by atoms with E-state index in [1.165, 1.54) is 9.47 Å². The van der Waals surface area contributed by atoms with Crippen LogP contribution in [0.1, 0.15) is 48.9 Å². The summed E-state index contributed by atoms with van der Waals surface area (Å²) in [5, 5.41) is 0. The van der Waals surface area contributed by atoms with Crippen LogP contribution in [0.15, 0.2) is 23.1 Å². The second-order valence-corrected chi connectivity index (χ2v) is 7.22. The largest absolute Gasteiger partial charge is 0.332 e. The molecule has 2 atom stereocenters. The first kappa shape index (κ1) is 16.1. The van der Waals surface area contributed by atoms with E-state index in [0.717, 1.165) is 12.8 Å². The lowest BCUT2D eigenvalue weighted by molar-refractivity contribution is -0.142. The fourth-order valence-corrected chi connectivity index (χ4v) is 4.59. The number of aryl methyl sites for hydroxylation is 1. The number of amides is 3. The average Bonchev–Trinajstić information content (AvgIpc) is 3.05. The van der Waals surface area contributed by atoms with Crippen molar-refractivity contribution in [1.29, 1.82) is 0 Å². The Morgan fingerprint density at radius 1 is 1.00 bits per heavy atom. The lowest BCUT2D eigenvalue weighted by Crippen LogP contribution is -2.54. The van der Waals surface area contributed by atoms with Gasteiger partial charge in [0.05, 0.1) is 0 Å². The summed E-state index contributed by atoms with van der Waals surface area (Å²) < 4.78 is 1.41. The van der Waals surface area contributed by atoms with Gasteiger partial charge in [-0.15, -0.1) is 0 Å². The molecule has 0 aliphatic carbocycles. The fraction of sp³-hybridized carbons (Fsp3) is 0.556. The van der Waals surface area contributed by atoms with Gasteiger partial charge in [-0.25, -0.2) is 0 Å². The molecule has 0 spiro atoms. The van der Waals surface area contributed by atoms with Crippen molar-refractivity contribution in [2.75, 3.05) is 0 Å². The minimum atomic E-state index is -0.293. The standard InChI is InChI=1S/C18H21N3O4/c1-19-8-2-3-14(17(19)24)18(25)20-11-4-5-12(20)10-13(9-11)21-15(22)6-7-16(21)23/h2-3,8,11-13H,4-7,9-10H2,1H3. The number of rotatable bonds is 2. The number of imide groups is 1. The molecule has 3 aliphatic heterocycles. The summed E-state index contributed by atoms with van der Waals surface area (Å²) in [6.45, 7) is 0. The number of piperidine rings is 1. The SMILES string of the molecule is Cn1cccc(C(=O)N2C3CCC2CC(N2C(=O)CCC2=O)C3)c1=O. The molecule has 3 saturated heterocycles. The zero-order chi connectivity index (χ0) is 17.7. The summed E-state index contributed by atoms with van der Waals surface area (Å²) >= 11 is 0. The van der Waals surface area contributed by atoms with Gasteiger partial charge in [0.2, 0.25) is 11.8 Å². The molecule has 0 N–H and O–H groups in total. The zero-order valence-corrected chi connectivity index (χ0v) is 14.2. The van der Waals surface area contributed by atoms with Gasteiger partial charge in [0.25, 0.3) is 11.5 Å². The quantitative estimate of drug-likeness (QED) is 0.739. The molecule has 7 nitrogen and oxygen atoms in total. The van der Waals surface area contributed by atoms with Crippen LogP contribution in [-0.4, -0.2) is 50.2 Å². The molecule has 0 saturated carbocycles. The van der Waals surface area contributed by atoms with E-state index in [9.17, 15) is 19.2 Å². The third-order valence-corrected chi connectivity index (χ3v) is 5.75. The molecule has 2 bridgehead atoms. The van der Waals surface area contributed by atoms with E-state index in [1.54, 1.807) is 25.4 Å². The van der Waals surface area contributed by atoms with Crippen molar-refractivity contribution in [3.05, 3.63) is 34.2 Å². The minimum Gasteiger partial charge on any atom is -0.332 e. The van der Waals surface area contributed by atoms with E-state index in [2.05, 4.69) is 0 Å². The monoisotopic (exact) mass is 343 g/mol. The van der Waals surface area contributed by atoms with Crippen molar-refractivity contribution in [2.45, 2.75) is 56.7 Å². The highest BCUT2D eigenvalue weighted by atomic mass is 16.2. The number of nitrogens with zero attached hydrogens (tertiary/aromatic N) is 3. The number of hydrogen-bond acceptors (Lipinski definition) is 4. The van der Waals surface area contributed by atoms with Crippen LogP contribution in [0.5, 0.6) is 0 Å². The topological polar surface area (TPSA) is 79.7 Å². The first-order valence-electron chi connectivity index (χ1n) is 8.80. The Hall–Kier alpha value is -2.44. The zero-order valence-electron chi connectivity index (χ0n) is 14.2. The second kappa shape index (κ2) is 5.82. The van der Waals surface area contributed by atoms with Crippen molar-refractivity contribution in [3.63, 3.8) is 0 Å². The Morgan fingerprint density at radius 3 is 2.20 bits per heavy atom. The molecule has 2 unspecified atom stereocenters. The molecule has 0 radical (unpaired) electrons. The fourth-order valence-electron chi connectivity index (χ4n) is 4.59. The lowest BCUT2D eigenvalue weighted by Gasteiger charge is -2.41.